The van der Waals surface area contributed by atoms with Gasteiger partial charge in [0.2, 0.25) is 0 Å². The van der Waals surface area contributed by atoms with Crippen molar-refractivity contribution < 1.29 is 4.74 Å². The molecule has 3 N–H and O–H groups in total. The first kappa shape index (κ1) is 14.1. The zero-order valence-electron chi connectivity index (χ0n) is 11.1. The highest BCUT2D eigenvalue weighted by atomic mass is 32.1. The Bertz CT molecular complexity index is 340. The number of nitrogens with two attached hydrogens (primary N) is 1. The fourth-order valence-corrected chi connectivity index (χ4v) is 2.50. The summed E-state index contributed by atoms with van der Waals surface area (Å²) < 4.78 is 9.62. The summed E-state index contributed by atoms with van der Waals surface area (Å²) in [6.45, 7) is 9.22. The van der Waals surface area contributed by atoms with Gasteiger partial charge in [0.25, 0.3) is 0 Å². The van der Waals surface area contributed by atoms with Crippen molar-refractivity contribution >= 4 is 22.4 Å². The van der Waals surface area contributed by atoms with Crippen LogP contribution in [0.3, 0.4) is 0 Å². The average Bonchev–Trinajstić information content (AvgIpc) is 2.61. The SMILES string of the molecule is CCOc1c(N)nsc1NC(C)CC(C)CC. The number of hydrogen-bond acceptors (Lipinski definition) is 5. The summed E-state index contributed by atoms with van der Waals surface area (Å²) in [4.78, 5) is 0. The van der Waals surface area contributed by atoms with Crippen molar-refractivity contribution in [2.24, 2.45) is 5.92 Å². The summed E-state index contributed by atoms with van der Waals surface area (Å²) in [7, 11) is 0. The van der Waals surface area contributed by atoms with Crippen LogP contribution in [0, 0.1) is 5.92 Å². The minimum absolute atomic E-state index is 0.406. The third-order valence-corrected chi connectivity index (χ3v) is 3.57. The molecular weight excluding hydrogens is 234 g/mol. The van der Waals surface area contributed by atoms with Gasteiger partial charge in [-0.3, -0.25) is 0 Å². The Morgan fingerprint density at radius 1 is 1.41 bits per heavy atom. The zero-order valence-corrected chi connectivity index (χ0v) is 11.9. The fourth-order valence-electron chi connectivity index (χ4n) is 1.72. The highest BCUT2D eigenvalue weighted by Gasteiger charge is 2.15. The molecule has 0 saturated carbocycles. The third kappa shape index (κ3) is 4.07. The van der Waals surface area contributed by atoms with Gasteiger partial charge >= 0.3 is 0 Å². The molecule has 1 rings (SSSR count). The van der Waals surface area contributed by atoms with Crippen molar-refractivity contribution in [3.8, 4) is 5.75 Å². The molecule has 0 radical (unpaired) electrons. The fraction of sp³-hybridized carbons (Fsp3) is 0.750. The molecule has 1 heterocycles. The average molecular weight is 257 g/mol. The van der Waals surface area contributed by atoms with E-state index in [2.05, 4.69) is 30.5 Å². The molecule has 0 spiro atoms. The van der Waals surface area contributed by atoms with Gasteiger partial charge < -0.3 is 15.8 Å². The van der Waals surface area contributed by atoms with Crippen LogP contribution in [-0.2, 0) is 0 Å². The highest BCUT2D eigenvalue weighted by Crippen LogP contribution is 2.36. The number of nitrogens with one attached hydrogen (secondary N) is 1. The maximum absolute atomic E-state index is 5.76. The lowest BCUT2D eigenvalue weighted by atomic mass is 10.0. The van der Waals surface area contributed by atoms with Crippen molar-refractivity contribution in [3.05, 3.63) is 0 Å². The van der Waals surface area contributed by atoms with E-state index in [1.54, 1.807) is 0 Å². The maximum Gasteiger partial charge on any atom is 0.197 e. The Hall–Kier alpha value is -0.970. The molecule has 0 aliphatic rings. The minimum Gasteiger partial charge on any atom is -0.487 e. The van der Waals surface area contributed by atoms with Crippen LogP contribution >= 0.6 is 11.5 Å². The Kier molecular flexibility index (Phi) is 5.55. The van der Waals surface area contributed by atoms with Crippen molar-refractivity contribution in [2.45, 2.75) is 46.6 Å². The predicted molar refractivity (Wildman–Crippen MR) is 74.9 cm³/mol. The second kappa shape index (κ2) is 6.69. The predicted octanol–water partition coefficient (Wildman–Crippen LogP) is 3.36. The lowest BCUT2D eigenvalue weighted by Crippen LogP contribution is -2.18. The summed E-state index contributed by atoms with van der Waals surface area (Å²) >= 11 is 1.37. The van der Waals surface area contributed by atoms with Crippen LogP contribution < -0.4 is 15.8 Å². The Balaban J connectivity index is 2.61. The van der Waals surface area contributed by atoms with E-state index in [1.165, 1.54) is 18.0 Å². The van der Waals surface area contributed by atoms with Crippen molar-refractivity contribution in [3.63, 3.8) is 0 Å². The summed E-state index contributed by atoms with van der Waals surface area (Å²) in [6, 6.07) is 0.406. The Labute approximate surface area is 108 Å². The molecule has 2 atom stereocenters. The molecular formula is C12H23N3OS. The van der Waals surface area contributed by atoms with E-state index in [4.69, 9.17) is 10.5 Å². The van der Waals surface area contributed by atoms with E-state index in [-0.39, 0.29) is 0 Å². The molecule has 0 bridgehead atoms. The Morgan fingerprint density at radius 2 is 2.12 bits per heavy atom. The summed E-state index contributed by atoms with van der Waals surface area (Å²) in [5, 5.41) is 4.38. The van der Waals surface area contributed by atoms with Gasteiger partial charge in [0.1, 0.15) is 0 Å². The Morgan fingerprint density at radius 3 is 2.71 bits per heavy atom. The van der Waals surface area contributed by atoms with E-state index in [1.807, 2.05) is 6.92 Å². The molecule has 0 saturated heterocycles. The largest absolute Gasteiger partial charge is 0.487 e. The van der Waals surface area contributed by atoms with Gasteiger partial charge in [0, 0.05) is 6.04 Å². The molecule has 2 unspecified atom stereocenters. The van der Waals surface area contributed by atoms with E-state index < -0.39 is 0 Å². The van der Waals surface area contributed by atoms with Gasteiger partial charge in [-0.15, -0.1) is 0 Å². The molecule has 0 aliphatic heterocycles. The van der Waals surface area contributed by atoms with Crippen LogP contribution in [0.5, 0.6) is 5.75 Å². The van der Waals surface area contributed by atoms with Crippen LogP contribution in [0.15, 0.2) is 0 Å². The number of anilines is 2. The molecule has 4 nitrogen and oxygen atoms in total. The van der Waals surface area contributed by atoms with Crippen molar-refractivity contribution in [1.82, 2.24) is 4.37 Å². The molecule has 0 aromatic carbocycles. The molecule has 0 fully saturated rings. The minimum atomic E-state index is 0.406. The molecule has 1 aromatic heterocycles. The smallest absolute Gasteiger partial charge is 0.197 e. The van der Waals surface area contributed by atoms with E-state index in [9.17, 15) is 0 Å². The summed E-state index contributed by atoms with van der Waals surface area (Å²) in [5.74, 6) is 1.90. The molecule has 0 aliphatic carbocycles. The number of rotatable bonds is 7. The summed E-state index contributed by atoms with van der Waals surface area (Å²) in [5.41, 5.74) is 5.76. The molecule has 17 heavy (non-hydrogen) atoms. The lowest BCUT2D eigenvalue weighted by Gasteiger charge is -2.18. The molecule has 5 heteroatoms. The van der Waals surface area contributed by atoms with Crippen molar-refractivity contribution in [1.29, 1.82) is 0 Å². The maximum atomic E-state index is 5.76. The third-order valence-electron chi connectivity index (χ3n) is 2.79. The lowest BCUT2D eigenvalue weighted by molar-refractivity contribution is 0.343. The normalized spacial score (nSPS) is 14.4. The van der Waals surface area contributed by atoms with Crippen LogP contribution in [-0.4, -0.2) is 17.0 Å². The van der Waals surface area contributed by atoms with Crippen LogP contribution in [0.4, 0.5) is 10.8 Å². The first-order valence-corrected chi connectivity index (χ1v) is 7.00. The first-order valence-electron chi connectivity index (χ1n) is 6.22. The monoisotopic (exact) mass is 257 g/mol. The number of nitrogen functional groups attached to an aromatic ring is 1. The van der Waals surface area contributed by atoms with E-state index in [0.29, 0.717) is 24.2 Å². The number of ether oxygens (including phenoxy) is 1. The topological polar surface area (TPSA) is 60.2 Å². The quantitative estimate of drug-likeness (QED) is 0.786. The molecule has 0 amide bonds. The number of hydrogen-bond donors (Lipinski definition) is 2. The summed E-state index contributed by atoms with van der Waals surface area (Å²) in [6.07, 6.45) is 2.34. The van der Waals surface area contributed by atoms with Crippen LogP contribution in [0.25, 0.3) is 0 Å². The van der Waals surface area contributed by atoms with Gasteiger partial charge in [0.15, 0.2) is 16.6 Å². The van der Waals surface area contributed by atoms with E-state index in [0.717, 1.165) is 17.3 Å². The zero-order chi connectivity index (χ0) is 12.8. The second-order valence-corrected chi connectivity index (χ2v) is 5.23. The van der Waals surface area contributed by atoms with Gasteiger partial charge in [0.05, 0.1) is 6.61 Å². The standard InChI is InChI=1S/C12H23N3OS/c1-5-8(3)7-9(4)14-12-10(16-6-2)11(13)15-17-12/h8-9,14H,5-7H2,1-4H3,(H2,13,15). The van der Waals surface area contributed by atoms with E-state index >= 15 is 0 Å². The van der Waals surface area contributed by atoms with Gasteiger partial charge in [-0.2, -0.15) is 4.37 Å². The highest BCUT2D eigenvalue weighted by molar-refractivity contribution is 7.11. The van der Waals surface area contributed by atoms with Crippen molar-refractivity contribution in [2.75, 3.05) is 17.7 Å². The van der Waals surface area contributed by atoms with Crippen LogP contribution in [0.2, 0.25) is 0 Å². The van der Waals surface area contributed by atoms with Gasteiger partial charge in [-0.05, 0) is 37.7 Å². The van der Waals surface area contributed by atoms with Crippen LogP contribution in [0.1, 0.15) is 40.5 Å². The molecule has 1 aromatic rings. The van der Waals surface area contributed by atoms with Gasteiger partial charge in [-0.1, -0.05) is 20.3 Å². The second-order valence-electron chi connectivity index (χ2n) is 4.45. The number of nitrogens with zero attached hydrogens (tertiary/aromatic N) is 1. The molecule has 98 valence electrons. The van der Waals surface area contributed by atoms with Gasteiger partial charge in [-0.25, -0.2) is 0 Å². The first-order chi connectivity index (χ1) is 8.08. The number of aromatic nitrogens is 1.